The number of rotatable bonds is 5. The van der Waals surface area contributed by atoms with Crippen molar-refractivity contribution in [2.24, 2.45) is 0 Å². The molecule has 0 fully saturated rings. The molecule has 0 bridgehead atoms. The van der Waals surface area contributed by atoms with E-state index in [9.17, 15) is 15.2 Å². The van der Waals surface area contributed by atoms with E-state index in [1.165, 1.54) is 19.2 Å². The van der Waals surface area contributed by atoms with Gasteiger partial charge in [-0.2, -0.15) is 0 Å². The van der Waals surface area contributed by atoms with Gasteiger partial charge in [0.25, 0.3) is 0 Å². The Labute approximate surface area is 92.2 Å². The minimum absolute atomic E-state index is 0.0109. The fraction of sp³-hybridized carbons (Fsp3) is 0.400. The van der Waals surface area contributed by atoms with Crippen LogP contribution >= 0.6 is 0 Å². The van der Waals surface area contributed by atoms with Gasteiger partial charge in [0.15, 0.2) is 5.75 Å². The van der Waals surface area contributed by atoms with Gasteiger partial charge in [0.2, 0.25) is 5.75 Å². The fourth-order valence-corrected chi connectivity index (χ4v) is 1.37. The van der Waals surface area contributed by atoms with E-state index in [1.807, 2.05) is 0 Å². The maximum absolute atomic E-state index is 10.7. The van der Waals surface area contributed by atoms with E-state index >= 15 is 0 Å². The Balaban J connectivity index is 3.12. The Hall–Kier alpha value is -1.82. The Morgan fingerprint density at radius 3 is 2.69 bits per heavy atom. The van der Waals surface area contributed by atoms with Crippen LogP contribution in [0.5, 0.6) is 11.5 Å². The summed E-state index contributed by atoms with van der Waals surface area (Å²) in [6, 6.07) is 2.81. The molecule has 0 aliphatic rings. The minimum atomic E-state index is -0.666. The predicted octanol–water partition coefficient (Wildman–Crippen LogP) is 1.23. The summed E-state index contributed by atoms with van der Waals surface area (Å²) in [6.45, 7) is 0.0109. The molecule has 16 heavy (non-hydrogen) atoms. The van der Waals surface area contributed by atoms with Crippen molar-refractivity contribution in [2.45, 2.75) is 12.8 Å². The molecule has 0 saturated heterocycles. The van der Waals surface area contributed by atoms with Crippen molar-refractivity contribution >= 4 is 5.69 Å². The molecule has 0 amide bonds. The van der Waals surface area contributed by atoms with E-state index in [1.54, 1.807) is 0 Å². The van der Waals surface area contributed by atoms with Gasteiger partial charge < -0.3 is 14.9 Å². The molecule has 1 aromatic carbocycles. The molecule has 6 heteroatoms. The number of aliphatic hydroxyl groups excluding tert-OH is 1. The number of aryl methyl sites for hydroxylation is 1. The normalized spacial score (nSPS) is 10.1. The third-order valence-corrected chi connectivity index (χ3v) is 2.15. The summed E-state index contributed by atoms with van der Waals surface area (Å²) in [5.74, 6) is -0.401. The molecule has 0 aliphatic heterocycles. The SMILES string of the molecule is COc1cc(CCCO)cc([N+](=O)[O-])c1O. The van der Waals surface area contributed by atoms with Crippen molar-refractivity contribution < 1.29 is 19.9 Å². The Kier molecular flexibility index (Phi) is 4.07. The average Bonchev–Trinajstić information content (AvgIpc) is 2.27. The van der Waals surface area contributed by atoms with E-state index in [4.69, 9.17) is 9.84 Å². The van der Waals surface area contributed by atoms with Gasteiger partial charge in [0.1, 0.15) is 0 Å². The molecular weight excluding hydrogens is 214 g/mol. The molecule has 0 aliphatic carbocycles. The monoisotopic (exact) mass is 227 g/mol. The van der Waals surface area contributed by atoms with Gasteiger partial charge in [-0.1, -0.05) is 0 Å². The number of nitrogens with zero attached hydrogens (tertiary/aromatic N) is 1. The summed E-state index contributed by atoms with van der Waals surface area (Å²) in [4.78, 5) is 9.99. The highest BCUT2D eigenvalue weighted by molar-refractivity contribution is 5.57. The lowest BCUT2D eigenvalue weighted by atomic mass is 10.1. The van der Waals surface area contributed by atoms with Crippen LogP contribution in [0.25, 0.3) is 0 Å². The number of ether oxygens (including phenoxy) is 1. The van der Waals surface area contributed by atoms with E-state index in [-0.39, 0.29) is 18.0 Å². The van der Waals surface area contributed by atoms with E-state index in [2.05, 4.69) is 0 Å². The number of hydrogen-bond donors (Lipinski definition) is 2. The topological polar surface area (TPSA) is 92.8 Å². The summed E-state index contributed by atoms with van der Waals surface area (Å²) in [6.07, 6.45) is 0.999. The summed E-state index contributed by atoms with van der Waals surface area (Å²) >= 11 is 0. The van der Waals surface area contributed by atoms with Crippen LogP contribution in [-0.4, -0.2) is 28.9 Å². The molecule has 88 valence electrons. The van der Waals surface area contributed by atoms with Gasteiger partial charge in [0.05, 0.1) is 12.0 Å². The molecule has 0 unspecified atom stereocenters. The summed E-state index contributed by atoms with van der Waals surface area (Å²) in [5.41, 5.74) is 0.266. The van der Waals surface area contributed by atoms with Gasteiger partial charge >= 0.3 is 5.69 Å². The first-order chi connectivity index (χ1) is 7.60. The van der Waals surface area contributed by atoms with Crippen molar-refractivity contribution in [3.8, 4) is 11.5 Å². The van der Waals surface area contributed by atoms with Crippen LogP contribution in [0.1, 0.15) is 12.0 Å². The minimum Gasteiger partial charge on any atom is -0.500 e. The highest BCUT2D eigenvalue weighted by Gasteiger charge is 2.19. The zero-order chi connectivity index (χ0) is 12.1. The van der Waals surface area contributed by atoms with Gasteiger partial charge in [-0.05, 0) is 24.5 Å². The molecule has 0 atom stereocenters. The molecule has 0 spiro atoms. The van der Waals surface area contributed by atoms with Crippen LogP contribution in [0.3, 0.4) is 0 Å². The zero-order valence-electron chi connectivity index (χ0n) is 8.84. The largest absolute Gasteiger partial charge is 0.500 e. The van der Waals surface area contributed by atoms with Crippen molar-refractivity contribution in [3.63, 3.8) is 0 Å². The number of benzene rings is 1. The van der Waals surface area contributed by atoms with Gasteiger partial charge in [-0.25, -0.2) is 0 Å². The number of phenolic OH excluding ortho intramolecular Hbond substituents is 1. The zero-order valence-corrected chi connectivity index (χ0v) is 8.84. The third kappa shape index (κ3) is 2.60. The number of nitro benzene ring substituents is 1. The number of nitro groups is 1. The number of aromatic hydroxyl groups is 1. The van der Waals surface area contributed by atoms with E-state index in [0.717, 1.165) is 0 Å². The highest BCUT2D eigenvalue weighted by atomic mass is 16.6. The van der Waals surface area contributed by atoms with Crippen LogP contribution in [0.15, 0.2) is 12.1 Å². The quantitative estimate of drug-likeness (QED) is 0.583. The summed E-state index contributed by atoms with van der Waals surface area (Å²) < 4.78 is 4.84. The lowest BCUT2D eigenvalue weighted by molar-refractivity contribution is -0.386. The summed E-state index contributed by atoms with van der Waals surface area (Å²) in [7, 11) is 1.33. The van der Waals surface area contributed by atoms with Crippen LogP contribution < -0.4 is 4.74 Å². The molecule has 0 radical (unpaired) electrons. The molecule has 1 aromatic rings. The van der Waals surface area contributed by atoms with Crippen LogP contribution in [0, 0.1) is 10.1 Å². The lowest BCUT2D eigenvalue weighted by Crippen LogP contribution is -1.96. The first kappa shape index (κ1) is 12.3. The number of hydrogen-bond acceptors (Lipinski definition) is 5. The van der Waals surface area contributed by atoms with Gasteiger partial charge in [0, 0.05) is 12.7 Å². The van der Waals surface area contributed by atoms with Gasteiger partial charge in [-0.3, -0.25) is 10.1 Å². The Bertz CT molecular complexity index is 391. The first-order valence-electron chi connectivity index (χ1n) is 4.75. The average molecular weight is 227 g/mol. The Morgan fingerprint density at radius 2 is 2.19 bits per heavy atom. The Morgan fingerprint density at radius 1 is 1.50 bits per heavy atom. The first-order valence-corrected chi connectivity index (χ1v) is 4.75. The lowest BCUT2D eigenvalue weighted by Gasteiger charge is -2.07. The molecule has 6 nitrogen and oxygen atoms in total. The van der Waals surface area contributed by atoms with Crippen LogP contribution in [0.4, 0.5) is 5.69 Å². The maximum Gasteiger partial charge on any atom is 0.314 e. The maximum atomic E-state index is 10.7. The second-order valence-corrected chi connectivity index (χ2v) is 3.25. The van der Waals surface area contributed by atoms with Crippen LogP contribution in [-0.2, 0) is 6.42 Å². The van der Waals surface area contributed by atoms with Crippen LogP contribution in [0.2, 0.25) is 0 Å². The highest BCUT2D eigenvalue weighted by Crippen LogP contribution is 2.37. The fourth-order valence-electron chi connectivity index (χ4n) is 1.37. The molecule has 2 N–H and O–H groups in total. The predicted molar refractivity (Wildman–Crippen MR) is 56.7 cm³/mol. The number of aliphatic hydroxyl groups is 1. The number of phenols is 1. The molecule has 1 rings (SSSR count). The van der Waals surface area contributed by atoms with Gasteiger partial charge in [-0.15, -0.1) is 0 Å². The van der Waals surface area contributed by atoms with E-state index in [0.29, 0.717) is 18.4 Å². The second-order valence-electron chi connectivity index (χ2n) is 3.25. The summed E-state index contributed by atoms with van der Waals surface area (Å²) in [5, 5.41) is 28.8. The van der Waals surface area contributed by atoms with Crippen molar-refractivity contribution in [2.75, 3.05) is 13.7 Å². The standard InChI is InChI=1S/C10H13NO5/c1-16-9-6-7(3-2-4-12)5-8(10(9)13)11(14)15/h5-6,12-13H,2-4H2,1H3. The third-order valence-electron chi connectivity index (χ3n) is 2.15. The van der Waals surface area contributed by atoms with Crippen molar-refractivity contribution in [3.05, 3.63) is 27.8 Å². The van der Waals surface area contributed by atoms with Crippen molar-refractivity contribution in [1.82, 2.24) is 0 Å². The number of methoxy groups -OCH3 is 1. The molecule has 0 saturated carbocycles. The second kappa shape index (κ2) is 5.32. The molecule has 0 aromatic heterocycles. The molecular formula is C10H13NO5. The smallest absolute Gasteiger partial charge is 0.314 e. The van der Waals surface area contributed by atoms with Crippen molar-refractivity contribution in [1.29, 1.82) is 0 Å². The van der Waals surface area contributed by atoms with E-state index < -0.39 is 10.7 Å². The molecule has 0 heterocycles.